The number of hydrogen-bond donors (Lipinski definition) is 0. The van der Waals surface area contributed by atoms with E-state index in [9.17, 15) is 4.79 Å². The third-order valence-corrected chi connectivity index (χ3v) is 6.51. The molecule has 0 bridgehead atoms. The van der Waals surface area contributed by atoms with Gasteiger partial charge in [-0.1, -0.05) is 90.5 Å². The van der Waals surface area contributed by atoms with Crippen molar-refractivity contribution in [2.24, 2.45) is 0 Å². The lowest BCUT2D eigenvalue weighted by molar-refractivity contribution is 0.104. The standard InChI is InChI=1S/C29H22O2S/c1-20-13-15-22(16-14-20)28-23-10-5-6-11-26(23)31-29(27-12-7-19-32-27)24(28)17-18-25(30)21-8-3-2-4-9-21/h2-19,28H,1H3/b18-17+. The fourth-order valence-electron chi connectivity index (χ4n) is 4.03. The van der Waals surface area contributed by atoms with Gasteiger partial charge >= 0.3 is 0 Å². The molecule has 0 N–H and O–H groups in total. The van der Waals surface area contributed by atoms with Gasteiger partial charge in [-0.05, 0) is 36.1 Å². The van der Waals surface area contributed by atoms with E-state index in [1.807, 2.05) is 66.1 Å². The van der Waals surface area contributed by atoms with E-state index in [1.54, 1.807) is 17.4 Å². The van der Waals surface area contributed by atoms with Crippen molar-refractivity contribution < 1.29 is 9.53 Å². The summed E-state index contributed by atoms with van der Waals surface area (Å²) in [5, 5.41) is 2.05. The van der Waals surface area contributed by atoms with Gasteiger partial charge in [0.05, 0.1) is 4.88 Å². The smallest absolute Gasteiger partial charge is 0.185 e. The van der Waals surface area contributed by atoms with Crippen molar-refractivity contribution in [3.05, 3.63) is 141 Å². The zero-order valence-electron chi connectivity index (χ0n) is 17.7. The highest BCUT2D eigenvalue weighted by molar-refractivity contribution is 7.11. The maximum Gasteiger partial charge on any atom is 0.185 e. The zero-order chi connectivity index (χ0) is 21.9. The first-order chi connectivity index (χ1) is 15.7. The van der Waals surface area contributed by atoms with Gasteiger partial charge < -0.3 is 4.74 Å². The van der Waals surface area contributed by atoms with Crippen molar-refractivity contribution in [3.63, 3.8) is 0 Å². The Morgan fingerprint density at radius 3 is 2.38 bits per heavy atom. The zero-order valence-corrected chi connectivity index (χ0v) is 18.5. The van der Waals surface area contributed by atoms with Crippen LogP contribution in [-0.2, 0) is 0 Å². The Labute approximate surface area is 192 Å². The summed E-state index contributed by atoms with van der Waals surface area (Å²) < 4.78 is 6.43. The largest absolute Gasteiger partial charge is 0.455 e. The molecule has 0 saturated heterocycles. The number of benzene rings is 3. The van der Waals surface area contributed by atoms with Crippen molar-refractivity contribution in [2.45, 2.75) is 12.8 Å². The Kier molecular flexibility index (Phi) is 5.57. The Morgan fingerprint density at radius 2 is 1.62 bits per heavy atom. The Balaban J connectivity index is 1.67. The van der Waals surface area contributed by atoms with Crippen LogP contribution in [0.3, 0.4) is 0 Å². The summed E-state index contributed by atoms with van der Waals surface area (Å²) in [5.74, 6) is 1.61. The molecule has 4 aromatic rings. The molecule has 1 aliphatic rings. The van der Waals surface area contributed by atoms with Crippen LogP contribution in [0, 0.1) is 6.92 Å². The maximum atomic E-state index is 12.9. The molecule has 0 amide bonds. The predicted octanol–water partition coefficient (Wildman–Crippen LogP) is 7.43. The molecule has 3 heteroatoms. The van der Waals surface area contributed by atoms with Gasteiger partial charge in [0.1, 0.15) is 11.5 Å². The molecule has 1 aliphatic heterocycles. The van der Waals surface area contributed by atoms with Crippen molar-refractivity contribution in [1.29, 1.82) is 0 Å². The third-order valence-electron chi connectivity index (χ3n) is 5.64. The lowest BCUT2D eigenvalue weighted by Gasteiger charge is -2.29. The van der Waals surface area contributed by atoms with E-state index in [-0.39, 0.29) is 11.7 Å². The van der Waals surface area contributed by atoms with Crippen LogP contribution in [0.25, 0.3) is 5.76 Å². The molecular weight excluding hydrogens is 412 g/mol. The first-order valence-corrected chi connectivity index (χ1v) is 11.5. The fourth-order valence-corrected chi connectivity index (χ4v) is 4.76. The highest BCUT2D eigenvalue weighted by atomic mass is 32.1. The van der Waals surface area contributed by atoms with Crippen LogP contribution >= 0.6 is 11.3 Å². The van der Waals surface area contributed by atoms with Crippen LogP contribution in [-0.4, -0.2) is 5.78 Å². The van der Waals surface area contributed by atoms with Crippen LogP contribution < -0.4 is 4.74 Å². The lowest BCUT2D eigenvalue weighted by Crippen LogP contribution is -2.15. The average molecular weight is 435 g/mol. The molecule has 1 aromatic heterocycles. The molecule has 1 unspecified atom stereocenters. The van der Waals surface area contributed by atoms with E-state index in [0.29, 0.717) is 5.56 Å². The topological polar surface area (TPSA) is 26.3 Å². The first-order valence-electron chi connectivity index (χ1n) is 10.6. The molecule has 5 rings (SSSR count). The Morgan fingerprint density at radius 1 is 0.875 bits per heavy atom. The van der Waals surface area contributed by atoms with Crippen LogP contribution in [0.5, 0.6) is 5.75 Å². The molecule has 2 nitrogen and oxygen atoms in total. The second-order valence-corrected chi connectivity index (χ2v) is 8.76. The summed E-state index contributed by atoms with van der Waals surface area (Å²) in [4.78, 5) is 13.9. The number of aryl methyl sites for hydroxylation is 1. The number of fused-ring (bicyclic) bond motifs is 1. The van der Waals surface area contributed by atoms with Gasteiger partial charge in [0.15, 0.2) is 5.78 Å². The summed E-state index contributed by atoms with van der Waals surface area (Å²) in [7, 11) is 0. The van der Waals surface area contributed by atoms with Crippen molar-refractivity contribution >= 4 is 22.9 Å². The molecule has 2 heterocycles. The van der Waals surface area contributed by atoms with Crippen molar-refractivity contribution in [2.75, 3.05) is 0 Å². The third kappa shape index (κ3) is 3.95. The summed E-state index contributed by atoms with van der Waals surface area (Å²) in [6.07, 6.45) is 3.60. The molecular formula is C29H22O2S. The normalized spacial score (nSPS) is 15.5. The van der Waals surface area contributed by atoms with Crippen molar-refractivity contribution in [3.8, 4) is 5.75 Å². The van der Waals surface area contributed by atoms with Crippen LogP contribution in [0.15, 0.2) is 114 Å². The van der Waals surface area contributed by atoms with Crippen LogP contribution in [0.4, 0.5) is 0 Å². The van der Waals surface area contributed by atoms with Gasteiger partial charge in [0.2, 0.25) is 0 Å². The molecule has 0 aliphatic carbocycles. The van der Waals surface area contributed by atoms with E-state index in [1.165, 1.54) is 11.1 Å². The number of carbonyl (C=O) groups is 1. The number of hydrogen-bond acceptors (Lipinski definition) is 3. The number of ketones is 1. The SMILES string of the molecule is Cc1ccc(C2C(/C=C/C(=O)c3ccccc3)=C(c3cccs3)Oc3ccccc32)cc1. The van der Waals surface area contributed by atoms with E-state index in [4.69, 9.17) is 4.74 Å². The minimum atomic E-state index is -0.0301. The highest BCUT2D eigenvalue weighted by Gasteiger charge is 2.30. The van der Waals surface area contributed by atoms with Gasteiger partial charge in [-0.25, -0.2) is 0 Å². The molecule has 0 spiro atoms. The first kappa shape index (κ1) is 20.2. The summed E-state index contributed by atoms with van der Waals surface area (Å²) >= 11 is 1.64. The highest BCUT2D eigenvalue weighted by Crippen LogP contribution is 2.46. The van der Waals surface area contributed by atoms with E-state index in [0.717, 1.165) is 27.5 Å². The molecule has 0 fully saturated rings. The van der Waals surface area contributed by atoms with Gasteiger partial charge in [-0.15, -0.1) is 11.3 Å². The monoisotopic (exact) mass is 434 g/mol. The molecule has 1 atom stereocenters. The van der Waals surface area contributed by atoms with E-state index < -0.39 is 0 Å². The van der Waals surface area contributed by atoms with Gasteiger partial charge in [-0.3, -0.25) is 4.79 Å². The second-order valence-electron chi connectivity index (χ2n) is 7.81. The quantitative estimate of drug-likeness (QED) is 0.241. The minimum absolute atomic E-state index is 0.0230. The number of thiophene rings is 1. The fraction of sp³-hybridized carbons (Fsp3) is 0.0690. The number of para-hydroxylation sites is 1. The number of rotatable bonds is 5. The van der Waals surface area contributed by atoms with Crippen molar-refractivity contribution in [1.82, 2.24) is 0 Å². The Bertz CT molecular complexity index is 1300. The van der Waals surface area contributed by atoms with Gasteiger partial charge in [0, 0.05) is 22.6 Å². The number of carbonyl (C=O) groups excluding carboxylic acids is 1. The molecule has 3 aromatic carbocycles. The summed E-state index contributed by atoms with van der Waals surface area (Å²) in [6.45, 7) is 2.09. The summed E-state index contributed by atoms with van der Waals surface area (Å²) in [6, 6.07) is 30.2. The van der Waals surface area contributed by atoms with E-state index in [2.05, 4.69) is 43.3 Å². The number of allylic oxidation sites excluding steroid dienone is 3. The lowest BCUT2D eigenvalue weighted by atomic mass is 9.81. The minimum Gasteiger partial charge on any atom is -0.455 e. The van der Waals surface area contributed by atoms with Crippen LogP contribution in [0.1, 0.15) is 37.8 Å². The molecule has 32 heavy (non-hydrogen) atoms. The van der Waals surface area contributed by atoms with E-state index >= 15 is 0 Å². The predicted molar refractivity (Wildman–Crippen MR) is 131 cm³/mol. The molecule has 156 valence electrons. The van der Waals surface area contributed by atoms with Gasteiger partial charge in [0.25, 0.3) is 0 Å². The second kappa shape index (κ2) is 8.81. The molecule has 0 saturated carbocycles. The van der Waals surface area contributed by atoms with Crippen LogP contribution in [0.2, 0.25) is 0 Å². The Hall–Kier alpha value is -3.69. The number of ether oxygens (including phenoxy) is 1. The van der Waals surface area contributed by atoms with Gasteiger partial charge in [-0.2, -0.15) is 0 Å². The molecule has 0 radical (unpaired) electrons. The average Bonchev–Trinajstić information content (AvgIpc) is 3.38. The summed E-state index contributed by atoms with van der Waals surface area (Å²) in [5.41, 5.74) is 5.15. The maximum absolute atomic E-state index is 12.9.